The predicted octanol–water partition coefficient (Wildman–Crippen LogP) is 2.65. The number of nitrogens with one attached hydrogen (secondary N) is 1. The summed E-state index contributed by atoms with van der Waals surface area (Å²) in [5, 5.41) is 3.64. The monoisotopic (exact) mass is 256 g/mol. The molecule has 0 radical (unpaired) electrons. The molecule has 3 unspecified atom stereocenters. The minimum absolute atomic E-state index is 0.473. The van der Waals surface area contributed by atoms with Gasteiger partial charge in [-0.1, -0.05) is 20.3 Å². The Bertz CT molecular complexity index is 205. The van der Waals surface area contributed by atoms with Gasteiger partial charge < -0.3 is 10.1 Å². The predicted molar refractivity (Wildman–Crippen MR) is 78.1 cm³/mol. The summed E-state index contributed by atoms with van der Waals surface area (Å²) in [5.41, 5.74) is 0. The first-order valence-electron chi connectivity index (χ1n) is 7.76. The third kappa shape index (κ3) is 5.68. The average Bonchev–Trinajstić information content (AvgIpc) is 2.86. The molecule has 0 aromatic carbocycles. The molecule has 0 saturated carbocycles. The molecule has 18 heavy (non-hydrogen) atoms. The molecule has 3 nitrogen and oxygen atoms in total. The first-order valence-corrected chi connectivity index (χ1v) is 7.76. The van der Waals surface area contributed by atoms with Gasteiger partial charge in [0, 0.05) is 31.8 Å². The maximum Gasteiger partial charge on any atom is 0.0702 e. The van der Waals surface area contributed by atoms with Crippen LogP contribution in [0.15, 0.2) is 0 Å². The van der Waals surface area contributed by atoms with Gasteiger partial charge in [0.1, 0.15) is 0 Å². The number of rotatable bonds is 9. The largest absolute Gasteiger partial charge is 0.377 e. The van der Waals surface area contributed by atoms with E-state index in [4.69, 9.17) is 4.74 Å². The molecule has 0 aromatic rings. The van der Waals surface area contributed by atoms with Gasteiger partial charge in [-0.05, 0) is 39.7 Å². The molecule has 1 N–H and O–H groups in total. The summed E-state index contributed by atoms with van der Waals surface area (Å²) in [5.74, 6) is 0. The van der Waals surface area contributed by atoms with Crippen molar-refractivity contribution < 1.29 is 4.74 Å². The summed E-state index contributed by atoms with van der Waals surface area (Å²) in [7, 11) is 0. The smallest absolute Gasteiger partial charge is 0.0702 e. The topological polar surface area (TPSA) is 24.5 Å². The van der Waals surface area contributed by atoms with Crippen molar-refractivity contribution in [1.29, 1.82) is 0 Å². The zero-order valence-electron chi connectivity index (χ0n) is 12.7. The van der Waals surface area contributed by atoms with E-state index in [1.54, 1.807) is 0 Å². The highest BCUT2D eigenvalue weighted by Gasteiger charge is 2.21. The fraction of sp³-hybridized carbons (Fsp3) is 1.00. The average molecular weight is 256 g/mol. The Kier molecular flexibility index (Phi) is 7.87. The van der Waals surface area contributed by atoms with Crippen molar-refractivity contribution in [2.75, 3.05) is 26.2 Å². The third-order valence-corrected chi connectivity index (χ3v) is 3.98. The van der Waals surface area contributed by atoms with E-state index < -0.39 is 0 Å². The van der Waals surface area contributed by atoms with E-state index >= 15 is 0 Å². The van der Waals surface area contributed by atoms with Crippen LogP contribution in [0.2, 0.25) is 0 Å². The Morgan fingerprint density at radius 3 is 2.67 bits per heavy atom. The maximum atomic E-state index is 5.74. The second-order valence-corrected chi connectivity index (χ2v) is 5.67. The summed E-state index contributed by atoms with van der Waals surface area (Å²) in [6, 6.07) is 1.23. The van der Waals surface area contributed by atoms with Gasteiger partial charge in [-0.2, -0.15) is 0 Å². The molecule has 1 fully saturated rings. The fourth-order valence-electron chi connectivity index (χ4n) is 2.71. The van der Waals surface area contributed by atoms with Crippen LogP contribution in [0.3, 0.4) is 0 Å². The summed E-state index contributed by atoms with van der Waals surface area (Å²) >= 11 is 0. The first-order chi connectivity index (χ1) is 8.67. The van der Waals surface area contributed by atoms with Crippen LogP contribution in [0.4, 0.5) is 0 Å². The number of likely N-dealkylation sites (N-methyl/N-ethyl adjacent to an activating group) is 1. The molecule has 1 heterocycles. The van der Waals surface area contributed by atoms with E-state index in [-0.39, 0.29) is 0 Å². The Morgan fingerprint density at radius 2 is 2.11 bits per heavy atom. The van der Waals surface area contributed by atoms with Crippen LogP contribution in [-0.4, -0.2) is 49.3 Å². The zero-order chi connectivity index (χ0) is 13.4. The highest BCUT2D eigenvalue weighted by atomic mass is 16.5. The van der Waals surface area contributed by atoms with Gasteiger partial charge in [0.15, 0.2) is 0 Å². The summed E-state index contributed by atoms with van der Waals surface area (Å²) in [6.45, 7) is 13.4. The Hall–Kier alpha value is -0.120. The molecular formula is C15H32N2O. The SMILES string of the molecule is CCCC(C)NCC(C)N(CC)CC1CCCO1. The standard InChI is InChI=1S/C15H32N2O/c1-5-8-13(3)16-11-14(4)17(6-2)12-15-9-7-10-18-15/h13-16H,5-12H2,1-4H3. The second kappa shape index (κ2) is 8.89. The van der Waals surface area contributed by atoms with Crippen LogP contribution in [-0.2, 0) is 4.74 Å². The van der Waals surface area contributed by atoms with Gasteiger partial charge in [0.2, 0.25) is 0 Å². The number of nitrogens with zero attached hydrogens (tertiary/aromatic N) is 1. The Morgan fingerprint density at radius 1 is 1.33 bits per heavy atom. The fourth-order valence-corrected chi connectivity index (χ4v) is 2.71. The summed E-state index contributed by atoms with van der Waals surface area (Å²) < 4.78 is 5.74. The lowest BCUT2D eigenvalue weighted by molar-refractivity contribution is 0.0614. The summed E-state index contributed by atoms with van der Waals surface area (Å²) in [4.78, 5) is 2.54. The molecule has 0 aliphatic carbocycles. The highest BCUT2D eigenvalue weighted by Crippen LogP contribution is 2.14. The van der Waals surface area contributed by atoms with Crippen molar-refractivity contribution in [3.05, 3.63) is 0 Å². The Balaban J connectivity index is 2.25. The van der Waals surface area contributed by atoms with Crippen LogP contribution >= 0.6 is 0 Å². The van der Waals surface area contributed by atoms with Crippen LogP contribution in [0.1, 0.15) is 53.4 Å². The van der Waals surface area contributed by atoms with Crippen molar-refractivity contribution in [3.8, 4) is 0 Å². The van der Waals surface area contributed by atoms with E-state index in [2.05, 4.69) is 37.9 Å². The van der Waals surface area contributed by atoms with Gasteiger partial charge in [0.05, 0.1) is 6.10 Å². The van der Waals surface area contributed by atoms with E-state index in [9.17, 15) is 0 Å². The lowest BCUT2D eigenvalue weighted by atomic mass is 10.1. The Labute approximate surface area is 113 Å². The second-order valence-electron chi connectivity index (χ2n) is 5.67. The normalized spacial score (nSPS) is 23.5. The van der Waals surface area contributed by atoms with Gasteiger partial charge in [-0.15, -0.1) is 0 Å². The molecule has 3 atom stereocenters. The molecule has 1 aliphatic rings. The summed E-state index contributed by atoms with van der Waals surface area (Å²) in [6.07, 6.45) is 5.48. The zero-order valence-corrected chi connectivity index (χ0v) is 12.7. The van der Waals surface area contributed by atoms with Crippen LogP contribution in [0.25, 0.3) is 0 Å². The van der Waals surface area contributed by atoms with E-state index in [1.807, 2.05) is 0 Å². The molecule has 1 aliphatic heterocycles. The van der Waals surface area contributed by atoms with Crippen LogP contribution in [0, 0.1) is 0 Å². The minimum atomic E-state index is 0.473. The molecular weight excluding hydrogens is 224 g/mol. The quantitative estimate of drug-likeness (QED) is 0.686. The van der Waals surface area contributed by atoms with Gasteiger partial charge >= 0.3 is 0 Å². The molecule has 3 heteroatoms. The van der Waals surface area contributed by atoms with Gasteiger partial charge in [-0.3, -0.25) is 4.90 Å². The van der Waals surface area contributed by atoms with Crippen LogP contribution in [0.5, 0.6) is 0 Å². The minimum Gasteiger partial charge on any atom is -0.377 e. The van der Waals surface area contributed by atoms with Crippen molar-refractivity contribution in [2.24, 2.45) is 0 Å². The molecule has 0 aromatic heterocycles. The number of ether oxygens (including phenoxy) is 1. The lowest BCUT2D eigenvalue weighted by Crippen LogP contribution is -2.45. The van der Waals surface area contributed by atoms with Crippen molar-refractivity contribution in [3.63, 3.8) is 0 Å². The highest BCUT2D eigenvalue weighted by molar-refractivity contribution is 4.76. The van der Waals surface area contributed by atoms with Crippen LogP contribution < -0.4 is 5.32 Å². The molecule has 0 spiro atoms. The van der Waals surface area contributed by atoms with E-state index in [0.717, 1.165) is 26.2 Å². The first kappa shape index (κ1) is 15.9. The molecule has 0 bridgehead atoms. The van der Waals surface area contributed by atoms with Crippen molar-refractivity contribution in [2.45, 2.75) is 71.6 Å². The third-order valence-electron chi connectivity index (χ3n) is 3.98. The van der Waals surface area contributed by atoms with E-state index in [0.29, 0.717) is 18.2 Å². The van der Waals surface area contributed by atoms with Gasteiger partial charge in [0.25, 0.3) is 0 Å². The molecule has 1 saturated heterocycles. The molecule has 1 rings (SSSR count). The lowest BCUT2D eigenvalue weighted by Gasteiger charge is -2.31. The maximum absolute atomic E-state index is 5.74. The van der Waals surface area contributed by atoms with Gasteiger partial charge in [-0.25, -0.2) is 0 Å². The molecule has 0 amide bonds. The van der Waals surface area contributed by atoms with Crippen molar-refractivity contribution >= 4 is 0 Å². The van der Waals surface area contributed by atoms with E-state index in [1.165, 1.54) is 25.7 Å². The number of hydrogen-bond donors (Lipinski definition) is 1. The molecule has 108 valence electrons. The van der Waals surface area contributed by atoms with Crippen molar-refractivity contribution in [1.82, 2.24) is 10.2 Å². The number of hydrogen-bond acceptors (Lipinski definition) is 3.